The van der Waals surface area contributed by atoms with E-state index < -0.39 is 0 Å². The van der Waals surface area contributed by atoms with Crippen molar-refractivity contribution in [2.24, 2.45) is 5.73 Å². The molecule has 0 aliphatic rings. The van der Waals surface area contributed by atoms with Gasteiger partial charge in [-0.3, -0.25) is 0 Å². The van der Waals surface area contributed by atoms with Gasteiger partial charge in [0.15, 0.2) is 0 Å². The van der Waals surface area contributed by atoms with E-state index in [-0.39, 0.29) is 0 Å². The maximum absolute atomic E-state index is 5.65. The van der Waals surface area contributed by atoms with Crippen molar-refractivity contribution in [3.05, 3.63) is 52.5 Å². The highest BCUT2D eigenvalue weighted by atomic mass is 32.1. The smallest absolute Gasteiger partial charge is 0.1000 e. The molecule has 1 aromatic carbocycles. The second-order valence-electron chi connectivity index (χ2n) is 3.41. The summed E-state index contributed by atoms with van der Waals surface area (Å²) in [6, 6.07) is 10.4. The number of hydrogen-bond acceptors (Lipinski definition) is 3. The number of thiazole rings is 1. The van der Waals surface area contributed by atoms with Crippen molar-refractivity contribution in [1.29, 1.82) is 0 Å². The normalized spacial score (nSPS) is 12.6. The summed E-state index contributed by atoms with van der Waals surface area (Å²) in [5.74, 6) is 0.358. The van der Waals surface area contributed by atoms with Gasteiger partial charge in [-0.15, -0.1) is 11.3 Å². The second kappa shape index (κ2) is 5.05. The van der Waals surface area contributed by atoms with E-state index in [0.717, 1.165) is 11.4 Å². The summed E-state index contributed by atoms with van der Waals surface area (Å²) >= 11 is 1.70. The van der Waals surface area contributed by atoms with Gasteiger partial charge in [0.1, 0.15) is 0 Å². The van der Waals surface area contributed by atoms with Gasteiger partial charge in [-0.2, -0.15) is 0 Å². The molecule has 0 spiro atoms. The Morgan fingerprint density at radius 3 is 2.67 bits per heavy atom. The van der Waals surface area contributed by atoms with E-state index >= 15 is 0 Å². The molecule has 78 valence electrons. The van der Waals surface area contributed by atoms with Crippen LogP contribution in [0.2, 0.25) is 0 Å². The van der Waals surface area contributed by atoms with Crippen LogP contribution in [-0.2, 0) is 0 Å². The number of nitrogens with zero attached hydrogens (tertiary/aromatic N) is 1. The molecule has 1 aromatic heterocycles. The molecule has 3 heteroatoms. The average molecular weight is 218 g/mol. The van der Waals surface area contributed by atoms with Crippen LogP contribution in [-0.4, -0.2) is 11.5 Å². The Morgan fingerprint density at radius 1 is 1.27 bits per heavy atom. The summed E-state index contributed by atoms with van der Waals surface area (Å²) < 4.78 is 0. The summed E-state index contributed by atoms with van der Waals surface area (Å²) in [5, 5.41) is 3.17. The van der Waals surface area contributed by atoms with Gasteiger partial charge in [-0.1, -0.05) is 30.3 Å². The third-order valence-corrected chi connectivity index (χ3v) is 3.30. The van der Waals surface area contributed by atoms with Crippen LogP contribution in [0, 0.1) is 0 Å². The van der Waals surface area contributed by atoms with E-state index in [1.165, 1.54) is 5.56 Å². The number of nitrogens with two attached hydrogens (primary N) is 1. The first-order valence-electron chi connectivity index (χ1n) is 5.06. The van der Waals surface area contributed by atoms with Gasteiger partial charge >= 0.3 is 0 Å². The first-order chi connectivity index (χ1) is 7.42. The summed E-state index contributed by atoms with van der Waals surface area (Å²) in [5.41, 5.74) is 6.95. The zero-order valence-corrected chi connectivity index (χ0v) is 9.28. The molecule has 2 rings (SSSR count). The Bertz CT molecular complexity index is 383. The lowest BCUT2D eigenvalue weighted by Gasteiger charge is -2.13. The maximum Gasteiger partial charge on any atom is 0.1000 e. The fraction of sp³-hybridized carbons (Fsp3) is 0.250. The van der Waals surface area contributed by atoms with E-state index in [2.05, 4.69) is 29.2 Å². The van der Waals surface area contributed by atoms with Crippen molar-refractivity contribution < 1.29 is 0 Å². The molecule has 0 aliphatic carbocycles. The number of hydrogen-bond donors (Lipinski definition) is 1. The van der Waals surface area contributed by atoms with Crippen LogP contribution >= 0.6 is 11.3 Å². The molecule has 2 nitrogen and oxygen atoms in total. The predicted molar refractivity (Wildman–Crippen MR) is 64.1 cm³/mol. The van der Waals surface area contributed by atoms with Gasteiger partial charge in [-0.05, 0) is 18.5 Å². The maximum atomic E-state index is 5.65. The number of rotatable bonds is 4. The van der Waals surface area contributed by atoms with Crippen molar-refractivity contribution >= 4 is 11.3 Å². The van der Waals surface area contributed by atoms with E-state index in [0.29, 0.717) is 12.5 Å². The number of aromatic nitrogens is 1. The minimum atomic E-state index is 0.358. The fourth-order valence-electron chi connectivity index (χ4n) is 1.69. The van der Waals surface area contributed by atoms with E-state index in [4.69, 9.17) is 5.73 Å². The standard InChI is InChI=1S/C12H14N2S/c13-7-6-11(12-14-8-9-15-12)10-4-2-1-3-5-10/h1-5,8-9,11H,6-7,13H2. The van der Waals surface area contributed by atoms with Gasteiger partial charge in [0, 0.05) is 17.5 Å². The van der Waals surface area contributed by atoms with Crippen LogP contribution in [0.4, 0.5) is 0 Å². The van der Waals surface area contributed by atoms with Crippen molar-refractivity contribution in [3.8, 4) is 0 Å². The Balaban J connectivity index is 2.28. The molecular weight excluding hydrogens is 204 g/mol. The molecule has 15 heavy (non-hydrogen) atoms. The molecule has 0 radical (unpaired) electrons. The van der Waals surface area contributed by atoms with Crippen LogP contribution in [0.25, 0.3) is 0 Å². The first-order valence-corrected chi connectivity index (χ1v) is 5.94. The predicted octanol–water partition coefficient (Wildman–Crippen LogP) is 2.62. The van der Waals surface area contributed by atoms with Crippen LogP contribution in [0.15, 0.2) is 41.9 Å². The fourth-order valence-corrected chi connectivity index (χ4v) is 2.49. The van der Waals surface area contributed by atoms with E-state index in [1.54, 1.807) is 11.3 Å². The van der Waals surface area contributed by atoms with Crippen molar-refractivity contribution in [1.82, 2.24) is 4.98 Å². The molecule has 1 unspecified atom stereocenters. The molecule has 2 N–H and O–H groups in total. The van der Waals surface area contributed by atoms with Crippen LogP contribution in [0.3, 0.4) is 0 Å². The van der Waals surface area contributed by atoms with Crippen molar-refractivity contribution in [2.45, 2.75) is 12.3 Å². The summed E-state index contributed by atoms with van der Waals surface area (Å²) in [7, 11) is 0. The highest BCUT2D eigenvalue weighted by molar-refractivity contribution is 7.09. The minimum absolute atomic E-state index is 0.358. The quantitative estimate of drug-likeness (QED) is 0.856. The Morgan fingerprint density at radius 2 is 2.07 bits per heavy atom. The third-order valence-electron chi connectivity index (χ3n) is 2.41. The van der Waals surface area contributed by atoms with Crippen LogP contribution in [0.5, 0.6) is 0 Å². The molecule has 0 aliphatic heterocycles. The summed E-state index contributed by atoms with van der Waals surface area (Å²) in [4.78, 5) is 4.37. The van der Waals surface area contributed by atoms with Gasteiger partial charge in [-0.25, -0.2) is 4.98 Å². The summed E-state index contributed by atoms with van der Waals surface area (Å²) in [6.07, 6.45) is 2.81. The zero-order valence-electron chi connectivity index (χ0n) is 8.47. The first kappa shape index (κ1) is 10.3. The molecule has 0 bridgehead atoms. The van der Waals surface area contributed by atoms with Crippen LogP contribution < -0.4 is 5.73 Å². The lowest BCUT2D eigenvalue weighted by molar-refractivity contribution is 0.721. The van der Waals surface area contributed by atoms with Crippen LogP contribution in [0.1, 0.15) is 22.9 Å². The zero-order chi connectivity index (χ0) is 10.5. The van der Waals surface area contributed by atoms with E-state index in [1.807, 2.05) is 17.6 Å². The van der Waals surface area contributed by atoms with Gasteiger partial charge < -0.3 is 5.73 Å². The minimum Gasteiger partial charge on any atom is -0.330 e. The monoisotopic (exact) mass is 218 g/mol. The molecule has 0 amide bonds. The van der Waals surface area contributed by atoms with Gasteiger partial charge in [0.2, 0.25) is 0 Å². The van der Waals surface area contributed by atoms with Gasteiger partial charge in [0.25, 0.3) is 0 Å². The highest BCUT2D eigenvalue weighted by Gasteiger charge is 2.14. The molecule has 1 heterocycles. The highest BCUT2D eigenvalue weighted by Crippen LogP contribution is 2.28. The Hall–Kier alpha value is -1.19. The topological polar surface area (TPSA) is 38.9 Å². The SMILES string of the molecule is NCCC(c1ccccc1)c1nccs1. The largest absolute Gasteiger partial charge is 0.330 e. The Kier molecular flexibility index (Phi) is 3.48. The Labute approximate surface area is 93.8 Å². The second-order valence-corrected chi connectivity index (χ2v) is 4.34. The molecule has 1 atom stereocenters. The molecule has 2 aromatic rings. The molecule has 0 saturated heterocycles. The van der Waals surface area contributed by atoms with Gasteiger partial charge in [0.05, 0.1) is 5.01 Å². The number of benzene rings is 1. The van der Waals surface area contributed by atoms with Crippen molar-refractivity contribution in [2.75, 3.05) is 6.54 Å². The molecule has 0 fully saturated rings. The van der Waals surface area contributed by atoms with Crippen molar-refractivity contribution in [3.63, 3.8) is 0 Å². The summed E-state index contributed by atoms with van der Waals surface area (Å²) in [6.45, 7) is 0.694. The lowest BCUT2D eigenvalue weighted by Crippen LogP contribution is -2.08. The molecule has 0 saturated carbocycles. The lowest BCUT2D eigenvalue weighted by atomic mass is 9.96. The molecular formula is C12H14N2S. The average Bonchev–Trinajstić information content (AvgIpc) is 2.80. The van der Waals surface area contributed by atoms with E-state index in [9.17, 15) is 0 Å². The third kappa shape index (κ3) is 2.43.